The van der Waals surface area contributed by atoms with Crippen LogP contribution in [0.4, 0.5) is 4.39 Å². The van der Waals surface area contributed by atoms with E-state index < -0.39 is 5.97 Å². The number of rotatable bonds is 4. The largest absolute Gasteiger partial charge is 0.407 e. The second kappa shape index (κ2) is 6.75. The summed E-state index contributed by atoms with van der Waals surface area (Å²) in [4.78, 5) is 16.0. The van der Waals surface area contributed by atoms with Gasteiger partial charge in [0, 0.05) is 11.4 Å². The smallest absolute Gasteiger partial charge is 0.363 e. The molecule has 0 fully saturated rings. The third kappa shape index (κ3) is 4.05. The Balaban J connectivity index is 1.68. The number of ether oxygens (including phenoxy) is 1. The van der Waals surface area contributed by atoms with Crippen molar-refractivity contribution in [2.75, 3.05) is 0 Å². The van der Waals surface area contributed by atoms with E-state index in [2.05, 4.69) is 4.99 Å². The minimum atomic E-state index is -0.464. The third-order valence-electron chi connectivity index (χ3n) is 3.38. The summed E-state index contributed by atoms with van der Waals surface area (Å²) in [6, 6.07) is 13.3. The molecule has 1 aliphatic heterocycles. The van der Waals surface area contributed by atoms with E-state index in [0.717, 1.165) is 11.1 Å². The molecule has 1 aliphatic rings. The topological polar surface area (TPSA) is 38.7 Å². The van der Waals surface area contributed by atoms with Gasteiger partial charge in [-0.05, 0) is 47.9 Å². The van der Waals surface area contributed by atoms with Crippen molar-refractivity contribution in [1.29, 1.82) is 0 Å². The zero-order chi connectivity index (χ0) is 16.2. The van der Waals surface area contributed by atoms with Crippen molar-refractivity contribution in [2.24, 2.45) is 4.99 Å². The SMILES string of the molecule is O=C1OC(CCc2ccc(F)cc2)=N/C1=C/c1ccc(Cl)cc1. The van der Waals surface area contributed by atoms with Crippen LogP contribution in [0.2, 0.25) is 5.02 Å². The molecule has 0 spiro atoms. The van der Waals surface area contributed by atoms with E-state index in [1.54, 1.807) is 42.5 Å². The Hall–Kier alpha value is -2.46. The number of benzene rings is 2. The first-order valence-corrected chi connectivity index (χ1v) is 7.49. The molecule has 2 aromatic rings. The zero-order valence-corrected chi connectivity index (χ0v) is 12.9. The maximum Gasteiger partial charge on any atom is 0.363 e. The molecule has 0 amide bonds. The number of aryl methyl sites for hydroxylation is 1. The summed E-state index contributed by atoms with van der Waals surface area (Å²) >= 11 is 5.83. The molecule has 0 N–H and O–H groups in total. The second-order valence-electron chi connectivity index (χ2n) is 5.10. The van der Waals surface area contributed by atoms with Gasteiger partial charge < -0.3 is 4.74 Å². The van der Waals surface area contributed by atoms with E-state index >= 15 is 0 Å². The van der Waals surface area contributed by atoms with Crippen LogP contribution < -0.4 is 0 Å². The summed E-state index contributed by atoms with van der Waals surface area (Å²) in [5.74, 6) is -0.361. The number of carbonyl (C=O) groups is 1. The Kier molecular flexibility index (Phi) is 4.53. The van der Waals surface area contributed by atoms with Crippen molar-refractivity contribution in [1.82, 2.24) is 0 Å². The fourth-order valence-electron chi connectivity index (χ4n) is 2.18. The van der Waals surface area contributed by atoms with E-state index in [9.17, 15) is 9.18 Å². The molecule has 3 nitrogen and oxygen atoms in total. The number of hydrogen-bond acceptors (Lipinski definition) is 3. The third-order valence-corrected chi connectivity index (χ3v) is 3.63. The summed E-state index contributed by atoms with van der Waals surface area (Å²) in [7, 11) is 0. The van der Waals surface area contributed by atoms with Crippen LogP contribution in [0.25, 0.3) is 6.08 Å². The van der Waals surface area contributed by atoms with Crippen molar-refractivity contribution in [3.05, 3.63) is 76.2 Å². The molecule has 23 heavy (non-hydrogen) atoms. The number of cyclic esters (lactones) is 1. The normalized spacial score (nSPS) is 15.7. The van der Waals surface area contributed by atoms with Gasteiger partial charge in [0.2, 0.25) is 0 Å². The molecule has 0 bridgehead atoms. The highest BCUT2D eigenvalue weighted by Gasteiger charge is 2.22. The lowest BCUT2D eigenvalue weighted by atomic mass is 10.1. The fourth-order valence-corrected chi connectivity index (χ4v) is 2.31. The molecule has 116 valence electrons. The van der Waals surface area contributed by atoms with Crippen LogP contribution in [0.1, 0.15) is 17.5 Å². The highest BCUT2D eigenvalue weighted by molar-refractivity contribution is 6.30. The van der Waals surface area contributed by atoms with Crippen molar-refractivity contribution in [3.63, 3.8) is 0 Å². The van der Waals surface area contributed by atoms with Crippen molar-refractivity contribution in [2.45, 2.75) is 12.8 Å². The van der Waals surface area contributed by atoms with Crippen LogP contribution >= 0.6 is 11.6 Å². The van der Waals surface area contributed by atoms with E-state index in [4.69, 9.17) is 16.3 Å². The molecule has 0 atom stereocenters. The van der Waals surface area contributed by atoms with Gasteiger partial charge in [0.15, 0.2) is 11.6 Å². The van der Waals surface area contributed by atoms with Gasteiger partial charge in [0.05, 0.1) is 0 Å². The Bertz CT molecular complexity index is 780. The molecule has 1 heterocycles. The minimum Gasteiger partial charge on any atom is -0.407 e. The molecule has 0 saturated carbocycles. The molecule has 0 saturated heterocycles. The van der Waals surface area contributed by atoms with Crippen LogP contribution in [-0.4, -0.2) is 11.9 Å². The number of esters is 1. The Labute approximate surface area is 138 Å². The highest BCUT2D eigenvalue weighted by atomic mass is 35.5. The lowest BCUT2D eigenvalue weighted by Gasteiger charge is -2.00. The van der Waals surface area contributed by atoms with E-state index in [1.165, 1.54) is 12.1 Å². The molecule has 5 heteroatoms. The lowest BCUT2D eigenvalue weighted by molar-refractivity contribution is -0.130. The van der Waals surface area contributed by atoms with Crippen molar-refractivity contribution >= 4 is 29.5 Å². The molecule has 2 aromatic carbocycles. The van der Waals surface area contributed by atoms with Gasteiger partial charge in [0.1, 0.15) is 5.82 Å². The van der Waals surface area contributed by atoms with Crippen LogP contribution in [0.3, 0.4) is 0 Å². The van der Waals surface area contributed by atoms with Crippen LogP contribution in [-0.2, 0) is 16.0 Å². The van der Waals surface area contributed by atoms with E-state index in [0.29, 0.717) is 23.8 Å². The molecule has 0 unspecified atom stereocenters. The van der Waals surface area contributed by atoms with E-state index in [-0.39, 0.29) is 11.5 Å². The van der Waals surface area contributed by atoms with Gasteiger partial charge in [-0.1, -0.05) is 35.9 Å². The van der Waals surface area contributed by atoms with Crippen LogP contribution in [0.15, 0.2) is 59.2 Å². The van der Waals surface area contributed by atoms with Gasteiger partial charge >= 0.3 is 5.97 Å². The van der Waals surface area contributed by atoms with Gasteiger partial charge in [-0.15, -0.1) is 0 Å². The van der Waals surface area contributed by atoms with Crippen LogP contribution in [0, 0.1) is 5.82 Å². The van der Waals surface area contributed by atoms with Crippen molar-refractivity contribution < 1.29 is 13.9 Å². The fraction of sp³-hybridized carbons (Fsp3) is 0.111. The van der Waals surface area contributed by atoms with Crippen LogP contribution in [0.5, 0.6) is 0 Å². The first kappa shape index (κ1) is 15.4. The Morgan fingerprint density at radius 2 is 1.74 bits per heavy atom. The molecule has 0 aromatic heterocycles. The average Bonchev–Trinajstić information content (AvgIpc) is 2.89. The summed E-state index contributed by atoms with van der Waals surface area (Å²) in [5.41, 5.74) is 2.05. The summed E-state index contributed by atoms with van der Waals surface area (Å²) in [6.07, 6.45) is 2.76. The Morgan fingerprint density at radius 3 is 2.43 bits per heavy atom. The lowest BCUT2D eigenvalue weighted by Crippen LogP contribution is -2.05. The predicted molar refractivity (Wildman–Crippen MR) is 87.7 cm³/mol. The number of hydrogen-bond donors (Lipinski definition) is 0. The number of carbonyl (C=O) groups excluding carboxylic acids is 1. The molecular formula is C18H13ClFNO2. The minimum absolute atomic E-state index is 0.265. The first-order chi connectivity index (χ1) is 11.1. The van der Waals surface area contributed by atoms with Gasteiger partial charge in [-0.25, -0.2) is 14.2 Å². The molecular weight excluding hydrogens is 317 g/mol. The van der Waals surface area contributed by atoms with Crippen molar-refractivity contribution in [3.8, 4) is 0 Å². The summed E-state index contributed by atoms with van der Waals surface area (Å²) in [5, 5.41) is 0.629. The summed E-state index contributed by atoms with van der Waals surface area (Å²) in [6.45, 7) is 0. The van der Waals surface area contributed by atoms with Gasteiger partial charge in [0.25, 0.3) is 0 Å². The number of aliphatic imine (C=N–C) groups is 1. The molecule has 0 aliphatic carbocycles. The summed E-state index contributed by atoms with van der Waals surface area (Å²) < 4.78 is 18.0. The maximum absolute atomic E-state index is 12.9. The molecule has 3 rings (SSSR count). The predicted octanol–water partition coefficient (Wildman–Crippen LogP) is 4.41. The van der Waals surface area contributed by atoms with Gasteiger partial charge in [-0.3, -0.25) is 0 Å². The monoisotopic (exact) mass is 329 g/mol. The van der Waals surface area contributed by atoms with Gasteiger partial charge in [-0.2, -0.15) is 0 Å². The highest BCUT2D eigenvalue weighted by Crippen LogP contribution is 2.19. The van der Waals surface area contributed by atoms with E-state index in [1.807, 2.05) is 0 Å². The number of nitrogens with zero attached hydrogens (tertiary/aromatic N) is 1. The molecule has 0 radical (unpaired) electrons. The quantitative estimate of drug-likeness (QED) is 0.615. The first-order valence-electron chi connectivity index (χ1n) is 7.11. The Morgan fingerprint density at radius 1 is 1.04 bits per heavy atom. The zero-order valence-electron chi connectivity index (χ0n) is 12.1. The average molecular weight is 330 g/mol. The maximum atomic E-state index is 12.9. The second-order valence-corrected chi connectivity index (χ2v) is 5.54. The number of halogens is 2. The standard InChI is InChI=1S/C18H13ClFNO2/c19-14-6-1-13(2-7-14)11-16-18(22)23-17(21-16)10-5-12-3-8-15(20)9-4-12/h1-4,6-9,11H,5,10H2/b16-11+.